The summed E-state index contributed by atoms with van der Waals surface area (Å²) >= 11 is 0. The number of hydrogen-bond acceptors (Lipinski definition) is 5. The van der Waals surface area contributed by atoms with Gasteiger partial charge in [-0.1, -0.05) is 248 Å². The normalized spacial score (nSPS) is 13.5. The van der Waals surface area contributed by atoms with E-state index in [4.69, 9.17) is 9.47 Å². The molecule has 0 aromatic heterocycles. The molecule has 0 rings (SSSR count). The lowest BCUT2D eigenvalue weighted by Gasteiger charge is -2.15. The summed E-state index contributed by atoms with van der Waals surface area (Å²) in [6.07, 6.45) is 94.6. The van der Waals surface area contributed by atoms with Crippen molar-refractivity contribution in [1.82, 2.24) is 0 Å². The topological polar surface area (TPSA) is 72.8 Å². The number of allylic oxidation sites excluding steroid dienone is 28. The molecule has 0 heterocycles. The molecule has 402 valence electrons. The van der Waals surface area contributed by atoms with E-state index < -0.39 is 6.10 Å². The molecule has 72 heavy (non-hydrogen) atoms. The number of rotatable bonds is 50. The van der Waals surface area contributed by atoms with Gasteiger partial charge in [0.1, 0.15) is 6.61 Å². The maximum Gasteiger partial charge on any atom is 0.306 e. The fourth-order valence-electron chi connectivity index (χ4n) is 7.28. The number of carbonyl (C=O) groups is 2. The second-order valence-electron chi connectivity index (χ2n) is 18.2. The van der Waals surface area contributed by atoms with Crippen molar-refractivity contribution < 1.29 is 24.2 Å². The molecule has 0 aliphatic rings. The molecule has 1 atom stereocenters. The van der Waals surface area contributed by atoms with Crippen molar-refractivity contribution in [2.24, 2.45) is 0 Å². The van der Waals surface area contributed by atoms with Crippen molar-refractivity contribution in [2.75, 3.05) is 13.2 Å². The molecule has 1 N–H and O–H groups in total. The Morgan fingerprint density at radius 3 is 0.847 bits per heavy atom. The van der Waals surface area contributed by atoms with Crippen molar-refractivity contribution in [1.29, 1.82) is 0 Å². The molecule has 0 spiro atoms. The Balaban J connectivity index is 3.63. The third-order valence-electron chi connectivity index (χ3n) is 11.5. The summed E-state index contributed by atoms with van der Waals surface area (Å²) in [6, 6.07) is 0. The number of esters is 2. The smallest absolute Gasteiger partial charge is 0.306 e. The molecule has 5 nitrogen and oxygen atoms in total. The van der Waals surface area contributed by atoms with E-state index in [9.17, 15) is 14.7 Å². The van der Waals surface area contributed by atoms with E-state index in [1.165, 1.54) is 57.8 Å². The molecule has 0 aliphatic heterocycles. The van der Waals surface area contributed by atoms with Gasteiger partial charge in [-0.15, -0.1) is 0 Å². The van der Waals surface area contributed by atoms with Crippen LogP contribution in [-0.2, 0) is 19.1 Å². The molecule has 0 aliphatic carbocycles. The molecule has 0 aromatic carbocycles. The summed E-state index contributed by atoms with van der Waals surface area (Å²) in [6.45, 7) is 3.87. The van der Waals surface area contributed by atoms with Crippen molar-refractivity contribution in [3.8, 4) is 0 Å². The van der Waals surface area contributed by atoms with Gasteiger partial charge in [-0.05, 0) is 128 Å². The van der Waals surface area contributed by atoms with Gasteiger partial charge in [0.05, 0.1) is 6.61 Å². The average molecular weight is 990 g/mol. The number of aliphatic hydroxyl groups excluding tert-OH is 1. The van der Waals surface area contributed by atoms with Crippen molar-refractivity contribution >= 4 is 11.9 Å². The molecule has 0 radical (unpaired) electrons. The summed E-state index contributed by atoms with van der Waals surface area (Å²) in [5, 5.41) is 9.66. The Morgan fingerprint density at radius 2 is 0.556 bits per heavy atom. The predicted molar refractivity (Wildman–Crippen MR) is 315 cm³/mol. The first kappa shape index (κ1) is 67.3. The minimum Gasteiger partial charge on any atom is -0.462 e. The van der Waals surface area contributed by atoms with Crippen LogP contribution in [0.1, 0.15) is 219 Å². The largest absolute Gasteiger partial charge is 0.462 e. The fraction of sp³-hybridized carbons (Fsp3) is 0.552. The highest BCUT2D eigenvalue weighted by Crippen LogP contribution is 2.14. The van der Waals surface area contributed by atoms with E-state index in [0.717, 1.165) is 135 Å². The second-order valence-corrected chi connectivity index (χ2v) is 18.2. The number of carbonyl (C=O) groups excluding carboxylic acids is 2. The predicted octanol–water partition coefficient (Wildman–Crippen LogP) is 19.7. The van der Waals surface area contributed by atoms with Crippen LogP contribution in [-0.4, -0.2) is 36.4 Å². The Kier molecular flexibility index (Phi) is 56.6. The lowest BCUT2D eigenvalue weighted by atomic mass is 10.0. The van der Waals surface area contributed by atoms with Gasteiger partial charge in [-0.2, -0.15) is 0 Å². The number of hydrogen-bond donors (Lipinski definition) is 1. The first-order valence-electron chi connectivity index (χ1n) is 28.7. The molecule has 0 bridgehead atoms. The maximum atomic E-state index is 12.3. The molecule has 0 saturated heterocycles. The van der Waals surface area contributed by atoms with Crippen LogP contribution in [0, 0.1) is 0 Å². The monoisotopic (exact) mass is 989 g/mol. The van der Waals surface area contributed by atoms with Crippen molar-refractivity contribution in [3.05, 3.63) is 170 Å². The van der Waals surface area contributed by atoms with E-state index in [0.29, 0.717) is 12.8 Å². The zero-order valence-electron chi connectivity index (χ0n) is 45.9. The van der Waals surface area contributed by atoms with Crippen LogP contribution in [0.2, 0.25) is 0 Å². The molecule has 1 unspecified atom stereocenters. The Hall–Kier alpha value is -4.74. The molecule has 0 amide bonds. The van der Waals surface area contributed by atoms with Crippen molar-refractivity contribution in [3.63, 3.8) is 0 Å². The standard InChI is InChI=1S/C67H104O5/c1-3-5-7-9-11-13-15-17-19-21-23-25-27-29-30-31-32-33-34-35-36-38-40-42-44-46-48-50-52-54-56-58-60-62-67(70)72-65(63-68)64-71-66(69)61-59-57-55-53-51-49-47-45-43-41-39-37-28-26-24-22-20-18-16-14-12-10-8-6-4-2/h5-8,11-14,17-20,23-26,29-30,32-33,35-37,39,43,45,49,51,65,68H,3-4,9-10,15-16,21-22,27-28,31,34,38,40-42,44,46-48,50,52-64H2,1-2H3/b7-5-,8-6-,13-11-,14-12-,19-17-,20-18-,25-23-,26-24-,30-29-,33-32-,36-35-,39-37-,45-43-,51-49-. The van der Waals surface area contributed by atoms with E-state index in [1.54, 1.807) is 0 Å². The number of ether oxygens (including phenoxy) is 2. The highest BCUT2D eigenvalue weighted by Gasteiger charge is 2.16. The first-order chi connectivity index (χ1) is 35.6. The van der Waals surface area contributed by atoms with Gasteiger partial charge in [0.15, 0.2) is 6.10 Å². The van der Waals surface area contributed by atoms with E-state index in [1.807, 2.05) is 0 Å². The highest BCUT2D eigenvalue weighted by atomic mass is 16.6. The van der Waals surface area contributed by atoms with Gasteiger partial charge in [0, 0.05) is 12.8 Å². The molecular formula is C67H104O5. The van der Waals surface area contributed by atoms with Crippen LogP contribution in [0.3, 0.4) is 0 Å². The summed E-state index contributed by atoms with van der Waals surface area (Å²) in [4.78, 5) is 24.5. The van der Waals surface area contributed by atoms with E-state index >= 15 is 0 Å². The quantitative estimate of drug-likeness (QED) is 0.0373. The zero-order chi connectivity index (χ0) is 52.0. The Bertz CT molecular complexity index is 1640. The summed E-state index contributed by atoms with van der Waals surface area (Å²) in [5.41, 5.74) is 0. The van der Waals surface area contributed by atoms with Gasteiger partial charge >= 0.3 is 11.9 Å². The van der Waals surface area contributed by atoms with E-state index in [2.05, 4.69) is 184 Å². The number of aliphatic hydroxyl groups is 1. The minimum absolute atomic E-state index is 0.0960. The van der Waals surface area contributed by atoms with Gasteiger partial charge in [-0.3, -0.25) is 9.59 Å². The first-order valence-corrected chi connectivity index (χ1v) is 28.7. The highest BCUT2D eigenvalue weighted by molar-refractivity contribution is 5.70. The second kappa shape index (κ2) is 60.6. The van der Waals surface area contributed by atoms with Gasteiger partial charge in [0.2, 0.25) is 0 Å². The average Bonchev–Trinajstić information content (AvgIpc) is 3.38. The minimum atomic E-state index is -0.803. The number of unbranched alkanes of at least 4 members (excludes halogenated alkanes) is 14. The molecule has 0 fully saturated rings. The van der Waals surface area contributed by atoms with Crippen LogP contribution in [0.4, 0.5) is 0 Å². The third-order valence-corrected chi connectivity index (χ3v) is 11.5. The van der Waals surface area contributed by atoms with Gasteiger partial charge < -0.3 is 14.6 Å². The molecule has 0 aromatic rings. The van der Waals surface area contributed by atoms with Crippen LogP contribution < -0.4 is 0 Å². The van der Waals surface area contributed by atoms with Crippen LogP contribution in [0.25, 0.3) is 0 Å². The molecule has 0 saturated carbocycles. The van der Waals surface area contributed by atoms with Crippen LogP contribution in [0.15, 0.2) is 170 Å². The SMILES string of the molecule is CC/C=C\C/C=C\C/C=C\C/C=C\C/C=C\C/C=C\C/C=C\CCCCCCCCCCCCCC(=O)OC(CO)COC(=O)CCCCC/C=C\C/C=C\C/C=C\C/C=C\C/C=C\C/C=C\C/C=C\CC. The van der Waals surface area contributed by atoms with Gasteiger partial charge in [-0.25, -0.2) is 0 Å². The fourth-order valence-corrected chi connectivity index (χ4v) is 7.28. The summed E-state index contributed by atoms with van der Waals surface area (Å²) in [7, 11) is 0. The lowest BCUT2D eigenvalue weighted by molar-refractivity contribution is -0.161. The third kappa shape index (κ3) is 57.8. The Labute approximate surface area is 443 Å². The Morgan fingerprint density at radius 1 is 0.319 bits per heavy atom. The van der Waals surface area contributed by atoms with Crippen LogP contribution in [0.5, 0.6) is 0 Å². The summed E-state index contributed by atoms with van der Waals surface area (Å²) in [5.74, 6) is -0.645. The maximum absolute atomic E-state index is 12.3. The lowest BCUT2D eigenvalue weighted by Crippen LogP contribution is -2.28. The van der Waals surface area contributed by atoms with Gasteiger partial charge in [0.25, 0.3) is 0 Å². The van der Waals surface area contributed by atoms with Crippen molar-refractivity contribution in [2.45, 2.75) is 225 Å². The molecular weight excluding hydrogens is 885 g/mol. The zero-order valence-corrected chi connectivity index (χ0v) is 45.9. The molecule has 5 heteroatoms. The van der Waals surface area contributed by atoms with E-state index in [-0.39, 0.29) is 25.2 Å². The summed E-state index contributed by atoms with van der Waals surface area (Å²) < 4.78 is 10.7. The van der Waals surface area contributed by atoms with Crippen LogP contribution >= 0.6 is 0 Å².